The van der Waals surface area contributed by atoms with Crippen LogP contribution in [0, 0.1) is 0 Å². The summed E-state index contributed by atoms with van der Waals surface area (Å²) in [4.78, 5) is 30.2. The highest BCUT2D eigenvalue weighted by molar-refractivity contribution is 5.87. The van der Waals surface area contributed by atoms with Gasteiger partial charge < -0.3 is 24.8 Å². The van der Waals surface area contributed by atoms with Crippen molar-refractivity contribution in [2.75, 3.05) is 33.5 Å². The molecule has 0 aromatic carbocycles. The predicted octanol–water partition coefficient (Wildman–Crippen LogP) is -0.530. The average Bonchev–Trinajstić information content (AvgIpc) is 2.66. The Kier molecular flexibility index (Phi) is 9.68. The summed E-state index contributed by atoms with van der Waals surface area (Å²) in [5, 5.41) is 9.65. The maximum Gasteiger partial charge on any atom is 0.302 e. The molecule has 0 aliphatic carbocycles. The van der Waals surface area contributed by atoms with Crippen LogP contribution in [0.25, 0.3) is 0 Å². The Balaban J connectivity index is 0.00000151. The number of aliphatic hydroxyl groups excluding tert-OH is 1. The molecule has 1 saturated heterocycles. The topological polar surface area (TPSA) is 105 Å². The van der Waals surface area contributed by atoms with E-state index >= 15 is 0 Å². The Hall–Kier alpha value is -2.03. The molecule has 1 unspecified atom stereocenters. The Labute approximate surface area is 148 Å². The minimum Gasteiger partial charge on any atom is -0.421 e. The molecule has 1 aromatic rings. The lowest BCUT2D eigenvalue weighted by molar-refractivity contribution is -0.196. The van der Waals surface area contributed by atoms with Gasteiger partial charge >= 0.3 is 5.91 Å². The van der Waals surface area contributed by atoms with Crippen LogP contribution < -0.4 is 5.32 Å². The quantitative estimate of drug-likeness (QED) is 0.668. The molecule has 2 rings (SSSR count). The van der Waals surface area contributed by atoms with Crippen LogP contribution in [0.15, 0.2) is 24.5 Å². The van der Waals surface area contributed by atoms with Crippen molar-refractivity contribution >= 4 is 11.8 Å². The third-order valence-electron chi connectivity index (χ3n) is 3.60. The Morgan fingerprint density at radius 1 is 1.48 bits per heavy atom. The van der Waals surface area contributed by atoms with E-state index in [1.165, 1.54) is 0 Å². The van der Waals surface area contributed by atoms with E-state index in [1.807, 2.05) is 26.0 Å². The van der Waals surface area contributed by atoms with E-state index in [4.69, 9.17) is 9.84 Å². The lowest BCUT2D eigenvalue weighted by atomic mass is 10.2. The van der Waals surface area contributed by atoms with Crippen LogP contribution >= 0.6 is 0 Å². The van der Waals surface area contributed by atoms with E-state index in [-0.39, 0.29) is 31.0 Å². The van der Waals surface area contributed by atoms with Gasteiger partial charge in [0.05, 0.1) is 6.54 Å². The normalized spacial score (nSPS) is 16.6. The summed E-state index contributed by atoms with van der Waals surface area (Å²) >= 11 is 0. The number of carbonyl (C=O) groups excluding carboxylic acids is 2. The average molecular weight is 354 g/mol. The van der Waals surface area contributed by atoms with E-state index in [0.717, 1.165) is 12.7 Å². The van der Waals surface area contributed by atoms with Gasteiger partial charge in [-0.15, -0.1) is 0 Å². The lowest BCUT2D eigenvalue weighted by Crippen LogP contribution is -2.49. The second-order valence-corrected chi connectivity index (χ2v) is 5.69. The maximum atomic E-state index is 12.4. The predicted molar refractivity (Wildman–Crippen MR) is 92.8 cm³/mol. The van der Waals surface area contributed by atoms with E-state index < -0.39 is 6.10 Å². The molecule has 25 heavy (non-hydrogen) atoms. The van der Waals surface area contributed by atoms with Crippen molar-refractivity contribution in [3.05, 3.63) is 30.1 Å². The number of amides is 2. The number of rotatable bonds is 6. The number of hydrogen-bond donors (Lipinski definition) is 2. The summed E-state index contributed by atoms with van der Waals surface area (Å²) in [6.45, 7) is 5.67. The van der Waals surface area contributed by atoms with Gasteiger partial charge in [0.1, 0.15) is 13.2 Å². The van der Waals surface area contributed by atoms with Crippen LogP contribution in [0.4, 0.5) is 0 Å². The van der Waals surface area contributed by atoms with Gasteiger partial charge in [-0.2, -0.15) is 0 Å². The summed E-state index contributed by atoms with van der Waals surface area (Å²) in [7, 11) is 1.00. The Morgan fingerprint density at radius 2 is 2.24 bits per heavy atom. The number of aromatic nitrogens is 1. The van der Waals surface area contributed by atoms with Gasteiger partial charge in [-0.1, -0.05) is 6.07 Å². The molecule has 1 aromatic heterocycles. The third-order valence-corrected chi connectivity index (χ3v) is 3.60. The van der Waals surface area contributed by atoms with Crippen molar-refractivity contribution in [3.8, 4) is 0 Å². The third kappa shape index (κ3) is 7.16. The van der Waals surface area contributed by atoms with E-state index in [9.17, 15) is 9.59 Å². The van der Waals surface area contributed by atoms with E-state index in [2.05, 4.69) is 15.0 Å². The highest BCUT2D eigenvalue weighted by Crippen LogP contribution is 2.07. The van der Waals surface area contributed by atoms with Gasteiger partial charge in [0.2, 0.25) is 5.91 Å². The van der Waals surface area contributed by atoms with Crippen LogP contribution in [0.5, 0.6) is 0 Å². The fourth-order valence-corrected chi connectivity index (χ4v) is 2.31. The summed E-state index contributed by atoms with van der Waals surface area (Å²) in [5.74, 6) is -0.392. The second-order valence-electron chi connectivity index (χ2n) is 5.69. The molecule has 1 atom stereocenters. The minimum atomic E-state index is -0.512. The van der Waals surface area contributed by atoms with Crippen molar-refractivity contribution in [2.24, 2.45) is 0 Å². The monoisotopic (exact) mass is 354 g/mol. The highest BCUT2D eigenvalue weighted by atomic mass is 16.6. The Morgan fingerprint density at radius 3 is 2.80 bits per heavy atom. The van der Waals surface area contributed by atoms with Crippen LogP contribution in [0.3, 0.4) is 0 Å². The first kappa shape index (κ1) is 21.0. The zero-order valence-electron chi connectivity index (χ0n) is 15.0. The Bertz CT molecular complexity index is 518. The zero-order chi connectivity index (χ0) is 18.7. The van der Waals surface area contributed by atoms with Gasteiger partial charge in [0.25, 0.3) is 6.10 Å². The van der Waals surface area contributed by atoms with E-state index in [0.29, 0.717) is 19.8 Å². The molecular formula is C17H28N3O5+. The fraction of sp³-hybridized carbons (Fsp3) is 0.588. The smallest absolute Gasteiger partial charge is 0.302 e. The van der Waals surface area contributed by atoms with Crippen LogP contribution in [0.1, 0.15) is 19.4 Å². The molecular weight excluding hydrogens is 326 g/mol. The van der Waals surface area contributed by atoms with Gasteiger partial charge in [0.15, 0.2) is 6.61 Å². The first-order valence-electron chi connectivity index (χ1n) is 8.23. The molecule has 2 heterocycles. The summed E-state index contributed by atoms with van der Waals surface area (Å²) in [6.07, 6.45) is 2.92. The largest absolute Gasteiger partial charge is 0.421 e. The fourth-order valence-electron chi connectivity index (χ4n) is 2.31. The molecule has 0 spiro atoms. The lowest BCUT2D eigenvalue weighted by Gasteiger charge is -2.27. The number of ether oxygens (including phenoxy) is 2. The standard InChI is InChI=1S/C16H23N3O4.CH4O/c1-12(2)19(10-13-4-3-5-17-8-13)15(20)9-18-16(21)14-11-22-6-7-23-14;1-2/h3-5,8,12,14H,6-7,9-11H2,1-2H3,(H,18,21);2H,1H3/p+1. The molecule has 1 fully saturated rings. The van der Waals surface area contributed by atoms with E-state index in [1.54, 1.807) is 17.3 Å². The van der Waals surface area contributed by atoms with Gasteiger partial charge in [-0.3, -0.25) is 14.6 Å². The van der Waals surface area contributed by atoms with Crippen LogP contribution in [-0.2, 0) is 20.9 Å². The number of pyridine rings is 1. The zero-order valence-corrected chi connectivity index (χ0v) is 15.0. The number of carbonyl (C=O) groups is 2. The minimum absolute atomic E-state index is 0.0299. The number of nitrogens with one attached hydrogen (secondary N) is 1. The second kappa shape index (κ2) is 11.5. The molecule has 3 N–H and O–H groups in total. The molecule has 8 heteroatoms. The SMILES string of the molecule is CC(C)N(Cc1cccnc1)C(=O)CNC(=O)C1COCC[OH+]1.CO. The number of nitrogens with zero attached hydrogens (tertiary/aromatic N) is 2. The first-order valence-corrected chi connectivity index (χ1v) is 8.23. The molecule has 0 radical (unpaired) electrons. The van der Waals surface area contributed by atoms with Gasteiger partial charge in [-0.05, 0) is 25.5 Å². The van der Waals surface area contributed by atoms with Crippen molar-refractivity contribution in [1.82, 2.24) is 15.2 Å². The molecule has 8 nitrogen and oxygen atoms in total. The molecule has 1 aliphatic heterocycles. The van der Waals surface area contributed by atoms with Gasteiger partial charge in [0, 0.05) is 32.1 Å². The number of aliphatic hydroxyl groups is 3. The summed E-state index contributed by atoms with van der Waals surface area (Å²) in [5.41, 5.74) is 0.955. The van der Waals surface area contributed by atoms with Gasteiger partial charge in [-0.25, -0.2) is 0 Å². The maximum absolute atomic E-state index is 12.4. The van der Waals surface area contributed by atoms with Crippen molar-refractivity contribution in [1.29, 1.82) is 0 Å². The van der Waals surface area contributed by atoms with Crippen molar-refractivity contribution < 1.29 is 24.2 Å². The molecule has 1 aliphatic rings. The highest BCUT2D eigenvalue weighted by Gasteiger charge is 2.28. The first-order chi connectivity index (χ1) is 12.1. The van der Waals surface area contributed by atoms with Crippen molar-refractivity contribution in [3.63, 3.8) is 0 Å². The molecule has 0 bridgehead atoms. The number of hydrogen-bond acceptors (Lipinski definition) is 5. The van der Waals surface area contributed by atoms with Crippen LogP contribution in [-0.4, -0.2) is 77.2 Å². The summed E-state index contributed by atoms with van der Waals surface area (Å²) in [6, 6.07) is 3.79. The van der Waals surface area contributed by atoms with Crippen molar-refractivity contribution in [2.45, 2.75) is 32.5 Å². The molecule has 0 saturated carbocycles. The van der Waals surface area contributed by atoms with Crippen LogP contribution in [0.2, 0.25) is 0 Å². The molecule has 2 amide bonds. The molecule has 140 valence electrons. The summed E-state index contributed by atoms with van der Waals surface area (Å²) < 4.78 is 9.40.